The number of likely N-dealkylation sites (tertiary alicyclic amines) is 1. The second kappa shape index (κ2) is 11.0. The molecule has 37 heavy (non-hydrogen) atoms. The minimum atomic E-state index is -2.27. The molecule has 2 heterocycles. The second-order valence-electron chi connectivity index (χ2n) is 10.0. The molecule has 0 unspecified atom stereocenters. The number of fused-ring (bicyclic) bond motifs is 1. The number of nitrogens with zero attached hydrogens (tertiary/aromatic N) is 2. The molecule has 0 radical (unpaired) electrons. The average molecular weight is 513 g/mol. The van der Waals surface area contributed by atoms with Crippen LogP contribution in [0.25, 0.3) is 0 Å². The Labute approximate surface area is 214 Å². The van der Waals surface area contributed by atoms with Crippen molar-refractivity contribution in [2.24, 2.45) is 5.92 Å². The molecule has 2 aromatic rings. The number of aliphatic hydroxyl groups excluding tert-OH is 2. The van der Waals surface area contributed by atoms with Gasteiger partial charge in [0.1, 0.15) is 5.75 Å². The van der Waals surface area contributed by atoms with Crippen molar-refractivity contribution < 1.29 is 39.5 Å². The minimum absolute atomic E-state index is 0.278. The molecule has 1 saturated carbocycles. The van der Waals surface area contributed by atoms with E-state index in [4.69, 9.17) is 25.2 Å². The first-order valence-corrected chi connectivity index (χ1v) is 12.4. The molecule has 10 heteroatoms. The van der Waals surface area contributed by atoms with Crippen LogP contribution < -0.4 is 4.74 Å². The lowest BCUT2D eigenvalue weighted by molar-refractivity contribution is -0.165. The number of ether oxygens (including phenoxy) is 1. The molecule has 0 spiro atoms. The van der Waals surface area contributed by atoms with Crippen LogP contribution in [0.1, 0.15) is 53.6 Å². The van der Waals surface area contributed by atoms with Crippen molar-refractivity contribution in [3.8, 4) is 5.75 Å². The number of carboxylic acid groups (broad SMARTS) is 2. The van der Waals surface area contributed by atoms with Crippen molar-refractivity contribution in [2.45, 2.75) is 62.2 Å². The van der Waals surface area contributed by atoms with E-state index in [9.17, 15) is 14.4 Å². The highest BCUT2D eigenvalue weighted by atomic mass is 16.5. The van der Waals surface area contributed by atoms with Crippen LogP contribution in [-0.2, 0) is 21.4 Å². The third kappa shape index (κ3) is 5.36. The number of carbonyl (C=O) groups is 3. The first-order chi connectivity index (χ1) is 17.6. The number of pyridine rings is 1. The van der Waals surface area contributed by atoms with Crippen LogP contribution >= 0.6 is 0 Å². The quantitative estimate of drug-likeness (QED) is 0.344. The highest BCUT2D eigenvalue weighted by Gasteiger charge is 2.53. The van der Waals surface area contributed by atoms with Gasteiger partial charge >= 0.3 is 17.9 Å². The Morgan fingerprint density at radius 1 is 1.08 bits per heavy atom. The fourth-order valence-corrected chi connectivity index (χ4v) is 6.16. The predicted molar refractivity (Wildman–Crippen MR) is 131 cm³/mol. The molecule has 5 atom stereocenters. The first-order valence-electron chi connectivity index (χ1n) is 12.4. The smallest absolute Gasteiger partial charge is 0.345 e. The Morgan fingerprint density at radius 2 is 1.81 bits per heavy atom. The van der Waals surface area contributed by atoms with Gasteiger partial charge in [-0.2, -0.15) is 0 Å². The number of aliphatic hydroxyl groups is 2. The Bertz CT molecular complexity index is 1140. The van der Waals surface area contributed by atoms with Crippen LogP contribution in [0.3, 0.4) is 0 Å². The molecule has 3 aliphatic rings. The molecular formula is C27H32N2O8. The van der Waals surface area contributed by atoms with E-state index in [2.05, 4.69) is 29.1 Å². The average Bonchev–Trinajstić information content (AvgIpc) is 2.90. The van der Waals surface area contributed by atoms with Gasteiger partial charge in [0.05, 0.1) is 5.56 Å². The van der Waals surface area contributed by atoms with E-state index >= 15 is 0 Å². The van der Waals surface area contributed by atoms with Gasteiger partial charge in [0.15, 0.2) is 12.2 Å². The summed E-state index contributed by atoms with van der Waals surface area (Å²) >= 11 is 0. The predicted octanol–water partition coefficient (Wildman–Crippen LogP) is 1.87. The maximum absolute atomic E-state index is 12.5. The maximum atomic E-state index is 12.5. The number of esters is 1. The van der Waals surface area contributed by atoms with E-state index in [1.807, 2.05) is 6.07 Å². The lowest BCUT2D eigenvalue weighted by atomic mass is 9.52. The molecule has 0 amide bonds. The van der Waals surface area contributed by atoms with E-state index < -0.39 is 24.1 Å². The molecule has 1 aliphatic heterocycles. The van der Waals surface area contributed by atoms with Crippen LogP contribution in [0.5, 0.6) is 5.75 Å². The number of benzene rings is 1. The highest BCUT2D eigenvalue weighted by Crippen LogP contribution is 2.55. The van der Waals surface area contributed by atoms with Gasteiger partial charge < -0.3 is 30.1 Å². The van der Waals surface area contributed by atoms with Crippen LogP contribution in [-0.4, -0.2) is 80.1 Å². The van der Waals surface area contributed by atoms with Crippen molar-refractivity contribution in [1.82, 2.24) is 9.88 Å². The van der Waals surface area contributed by atoms with Gasteiger partial charge in [-0.1, -0.05) is 18.9 Å². The molecule has 2 fully saturated rings. The summed E-state index contributed by atoms with van der Waals surface area (Å²) in [6.45, 7) is 1.17. The lowest BCUT2D eigenvalue weighted by Crippen LogP contribution is -2.59. The number of aromatic nitrogens is 1. The van der Waals surface area contributed by atoms with Crippen molar-refractivity contribution in [1.29, 1.82) is 0 Å². The van der Waals surface area contributed by atoms with Gasteiger partial charge in [-0.15, -0.1) is 0 Å². The normalized spacial score (nSPS) is 25.8. The number of hydrogen-bond acceptors (Lipinski definition) is 8. The molecule has 10 nitrogen and oxygen atoms in total. The van der Waals surface area contributed by atoms with Crippen molar-refractivity contribution in [3.63, 3.8) is 0 Å². The summed E-state index contributed by atoms with van der Waals surface area (Å²) in [6, 6.07) is 10.5. The maximum Gasteiger partial charge on any atom is 0.345 e. The van der Waals surface area contributed by atoms with Gasteiger partial charge in [0, 0.05) is 23.9 Å². The third-order valence-corrected chi connectivity index (χ3v) is 8.00. The summed E-state index contributed by atoms with van der Waals surface area (Å²) < 4.78 is 5.71. The SMILES string of the molecule is CN1CC[C@@]23CCCC[C@H]2[C@@H]1Cc1ccc(OC(=O)c2cccnc2)cc13.O=C(O)[C@H](O)[C@@H](O)C(=O)O. The van der Waals surface area contributed by atoms with E-state index in [1.165, 1.54) is 49.8 Å². The van der Waals surface area contributed by atoms with Crippen molar-refractivity contribution >= 4 is 17.9 Å². The highest BCUT2D eigenvalue weighted by molar-refractivity contribution is 5.90. The zero-order chi connectivity index (χ0) is 26.7. The Hall–Kier alpha value is -3.34. The van der Waals surface area contributed by atoms with E-state index in [0.717, 1.165) is 12.3 Å². The zero-order valence-corrected chi connectivity index (χ0v) is 20.6. The van der Waals surface area contributed by atoms with Gasteiger partial charge in [0.2, 0.25) is 0 Å². The standard InChI is InChI=1S/C23H26N2O2.C4H6O6/c1-25-12-10-23-9-3-2-6-19(23)21(25)13-16-7-8-18(14-20(16)23)27-22(26)17-5-4-11-24-15-17;5-1(3(7)8)2(6)4(9)10/h4-5,7-8,11,14-15,19,21H,2-3,6,9-10,12-13H2,1H3;1-2,5-6H,(H,7,8)(H,9,10)/t19-,21-,23-;1-,2-/m01/s1. The largest absolute Gasteiger partial charge is 0.479 e. The second-order valence-corrected chi connectivity index (χ2v) is 10.0. The summed E-state index contributed by atoms with van der Waals surface area (Å²) in [5.41, 5.74) is 3.67. The lowest BCUT2D eigenvalue weighted by Gasteiger charge is -2.58. The van der Waals surface area contributed by atoms with Gasteiger partial charge in [-0.25, -0.2) is 14.4 Å². The number of carboxylic acids is 2. The molecular weight excluding hydrogens is 480 g/mol. The van der Waals surface area contributed by atoms with Gasteiger partial charge in [-0.3, -0.25) is 4.98 Å². The molecule has 198 valence electrons. The summed E-state index contributed by atoms with van der Waals surface area (Å²) in [7, 11) is 2.29. The number of hydrogen-bond donors (Lipinski definition) is 4. The minimum Gasteiger partial charge on any atom is -0.479 e. The fraction of sp³-hybridized carbons (Fsp3) is 0.481. The third-order valence-electron chi connectivity index (χ3n) is 8.00. The summed E-state index contributed by atoms with van der Waals surface area (Å²) in [4.78, 5) is 38.6. The van der Waals surface area contributed by atoms with Crippen LogP contribution in [0, 0.1) is 5.92 Å². The molecule has 2 bridgehead atoms. The van der Waals surface area contributed by atoms with Crippen molar-refractivity contribution in [2.75, 3.05) is 13.6 Å². The Morgan fingerprint density at radius 3 is 2.46 bits per heavy atom. The number of carbonyl (C=O) groups excluding carboxylic acids is 1. The summed E-state index contributed by atoms with van der Waals surface area (Å²) in [5, 5.41) is 32.5. The molecule has 4 N–H and O–H groups in total. The van der Waals surface area contributed by atoms with E-state index in [-0.39, 0.29) is 11.4 Å². The number of likely N-dealkylation sites (N-methyl/N-ethyl adjacent to an activating group) is 1. The molecule has 1 aromatic carbocycles. The van der Waals surface area contributed by atoms with E-state index in [1.54, 1.807) is 24.5 Å². The zero-order valence-electron chi connectivity index (χ0n) is 20.6. The van der Waals surface area contributed by atoms with Crippen LogP contribution in [0.4, 0.5) is 0 Å². The molecule has 2 aliphatic carbocycles. The molecule has 1 aromatic heterocycles. The summed E-state index contributed by atoms with van der Waals surface area (Å²) in [5.74, 6) is -2.47. The summed E-state index contributed by atoms with van der Waals surface area (Å²) in [6.07, 6.45) is 6.28. The van der Waals surface area contributed by atoms with Gasteiger partial charge in [-0.05, 0) is 80.6 Å². The Kier molecular flexibility index (Phi) is 7.91. The molecule has 1 saturated heterocycles. The van der Waals surface area contributed by atoms with E-state index in [0.29, 0.717) is 17.4 Å². The van der Waals surface area contributed by atoms with Crippen molar-refractivity contribution in [3.05, 3.63) is 59.4 Å². The van der Waals surface area contributed by atoms with Crippen LogP contribution in [0.15, 0.2) is 42.7 Å². The van der Waals surface area contributed by atoms with Crippen LogP contribution in [0.2, 0.25) is 0 Å². The topological polar surface area (TPSA) is 157 Å². The number of aliphatic carboxylic acids is 2. The number of rotatable bonds is 5. The van der Waals surface area contributed by atoms with Gasteiger partial charge in [0.25, 0.3) is 0 Å². The first kappa shape index (κ1) is 26.7. The number of piperidine rings is 1. The fourth-order valence-electron chi connectivity index (χ4n) is 6.16. The Balaban J connectivity index is 0.000000275. The monoisotopic (exact) mass is 512 g/mol. The molecule has 5 rings (SSSR count).